The molecule has 0 saturated heterocycles. The minimum absolute atomic E-state index is 0.368. The Kier molecular flexibility index (Phi) is 5.40. The summed E-state index contributed by atoms with van der Waals surface area (Å²) in [4.78, 5) is 11.4. The Hall–Kier alpha value is -1.35. The van der Waals surface area contributed by atoms with Gasteiger partial charge < -0.3 is 10.4 Å². The number of hydrogen-bond acceptors (Lipinski definition) is 2. The Morgan fingerprint density at radius 1 is 1.16 bits per heavy atom. The van der Waals surface area contributed by atoms with Gasteiger partial charge in [0, 0.05) is 6.04 Å². The minimum Gasteiger partial charge on any atom is -0.480 e. The zero-order valence-corrected chi connectivity index (χ0v) is 11.3. The van der Waals surface area contributed by atoms with Gasteiger partial charge in [-0.2, -0.15) is 0 Å². The van der Waals surface area contributed by atoms with Crippen LogP contribution in [0.25, 0.3) is 0 Å². The highest BCUT2D eigenvalue weighted by Crippen LogP contribution is 2.18. The van der Waals surface area contributed by atoms with Crippen molar-refractivity contribution in [3.05, 3.63) is 35.9 Å². The number of benzene rings is 1. The number of carboxylic acid groups (broad SMARTS) is 1. The first-order valence-electron chi connectivity index (χ1n) is 7.28. The topological polar surface area (TPSA) is 49.3 Å². The maximum atomic E-state index is 11.4. The quantitative estimate of drug-likeness (QED) is 0.801. The molecule has 0 amide bonds. The van der Waals surface area contributed by atoms with Crippen molar-refractivity contribution in [2.45, 2.75) is 57.0 Å². The summed E-state index contributed by atoms with van der Waals surface area (Å²) in [6.45, 7) is 0. The molecule has 0 radical (unpaired) electrons. The zero-order valence-electron chi connectivity index (χ0n) is 11.3. The molecule has 0 aliphatic heterocycles. The molecule has 0 bridgehead atoms. The SMILES string of the molecule is O=C(O)[C@@H](Cc1ccccc1)NC1CCCCCC1. The maximum absolute atomic E-state index is 11.4. The number of hydrogen-bond donors (Lipinski definition) is 2. The molecule has 1 aromatic carbocycles. The minimum atomic E-state index is -0.742. The Morgan fingerprint density at radius 2 is 1.79 bits per heavy atom. The summed E-state index contributed by atoms with van der Waals surface area (Å²) >= 11 is 0. The van der Waals surface area contributed by atoms with Crippen LogP contribution in [-0.2, 0) is 11.2 Å². The summed E-state index contributed by atoms with van der Waals surface area (Å²) in [5, 5.41) is 12.7. The predicted octanol–water partition coefficient (Wildman–Crippen LogP) is 2.99. The molecule has 3 heteroatoms. The van der Waals surface area contributed by atoms with E-state index < -0.39 is 12.0 Å². The molecule has 1 aliphatic carbocycles. The second-order valence-electron chi connectivity index (χ2n) is 5.44. The zero-order chi connectivity index (χ0) is 13.5. The third-order valence-electron chi connectivity index (χ3n) is 3.87. The molecule has 0 unspecified atom stereocenters. The number of aliphatic carboxylic acids is 1. The van der Waals surface area contributed by atoms with Crippen LogP contribution in [0, 0.1) is 0 Å². The Bertz CT molecular complexity index is 383. The van der Waals surface area contributed by atoms with Crippen LogP contribution in [0.2, 0.25) is 0 Å². The van der Waals surface area contributed by atoms with Crippen molar-refractivity contribution in [2.24, 2.45) is 0 Å². The van der Waals surface area contributed by atoms with E-state index in [2.05, 4.69) is 5.32 Å². The van der Waals surface area contributed by atoms with Gasteiger partial charge in [0.25, 0.3) is 0 Å². The largest absolute Gasteiger partial charge is 0.480 e. The van der Waals surface area contributed by atoms with Crippen LogP contribution in [0.1, 0.15) is 44.1 Å². The summed E-state index contributed by atoms with van der Waals surface area (Å²) in [6.07, 6.45) is 7.79. The van der Waals surface area contributed by atoms with Gasteiger partial charge in [-0.25, -0.2) is 0 Å². The summed E-state index contributed by atoms with van der Waals surface area (Å²) in [5.41, 5.74) is 1.08. The summed E-state index contributed by atoms with van der Waals surface area (Å²) in [7, 11) is 0. The predicted molar refractivity (Wildman–Crippen MR) is 76.2 cm³/mol. The molecule has 0 aromatic heterocycles. The smallest absolute Gasteiger partial charge is 0.321 e. The maximum Gasteiger partial charge on any atom is 0.321 e. The molecule has 1 aromatic rings. The third-order valence-corrected chi connectivity index (χ3v) is 3.87. The van der Waals surface area contributed by atoms with Crippen molar-refractivity contribution < 1.29 is 9.90 Å². The van der Waals surface area contributed by atoms with Crippen LogP contribution < -0.4 is 5.32 Å². The van der Waals surface area contributed by atoms with Gasteiger partial charge in [0.15, 0.2) is 0 Å². The first-order chi connectivity index (χ1) is 9.25. The molecule has 1 saturated carbocycles. The second kappa shape index (κ2) is 7.29. The fourth-order valence-electron chi connectivity index (χ4n) is 2.80. The molecule has 1 atom stereocenters. The van der Waals surface area contributed by atoms with E-state index in [1.165, 1.54) is 25.7 Å². The van der Waals surface area contributed by atoms with Crippen molar-refractivity contribution in [1.29, 1.82) is 0 Å². The van der Waals surface area contributed by atoms with Crippen molar-refractivity contribution in [2.75, 3.05) is 0 Å². The normalized spacial score (nSPS) is 18.7. The monoisotopic (exact) mass is 261 g/mol. The average molecular weight is 261 g/mol. The van der Waals surface area contributed by atoms with E-state index in [4.69, 9.17) is 0 Å². The van der Waals surface area contributed by atoms with E-state index in [1.807, 2.05) is 30.3 Å². The standard InChI is InChI=1S/C16H23NO2/c18-16(19)15(12-13-8-4-3-5-9-13)17-14-10-6-1-2-7-11-14/h3-5,8-9,14-15,17H,1-2,6-7,10-12H2,(H,18,19)/t15-/m1/s1. The first-order valence-corrected chi connectivity index (χ1v) is 7.28. The van der Waals surface area contributed by atoms with Crippen LogP contribution in [0.3, 0.4) is 0 Å². The van der Waals surface area contributed by atoms with E-state index in [0.29, 0.717) is 12.5 Å². The molecular weight excluding hydrogens is 238 g/mol. The van der Waals surface area contributed by atoms with Crippen LogP contribution >= 0.6 is 0 Å². The number of carboxylic acids is 1. The Balaban J connectivity index is 1.94. The van der Waals surface area contributed by atoms with E-state index in [1.54, 1.807) is 0 Å². The molecule has 3 nitrogen and oxygen atoms in total. The van der Waals surface area contributed by atoms with Gasteiger partial charge in [-0.15, -0.1) is 0 Å². The van der Waals surface area contributed by atoms with Crippen molar-refractivity contribution in [3.8, 4) is 0 Å². The lowest BCUT2D eigenvalue weighted by Gasteiger charge is -2.22. The van der Waals surface area contributed by atoms with Gasteiger partial charge in [0.05, 0.1) is 0 Å². The van der Waals surface area contributed by atoms with Gasteiger partial charge in [-0.1, -0.05) is 56.0 Å². The molecule has 104 valence electrons. The number of rotatable bonds is 5. The highest BCUT2D eigenvalue weighted by Gasteiger charge is 2.22. The van der Waals surface area contributed by atoms with Crippen LogP contribution in [0.4, 0.5) is 0 Å². The molecule has 1 fully saturated rings. The molecule has 0 heterocycles. The molecule has 2 N–H and O–H groups in total. The van der Waals surface area contributed by atoms with Crippen LogP contribution in [0.5, 0.6) is 0 Å². The van der Waals surface area contributed by atoms with E-state index in [-0.39, 0.29) is 0 Å². The summed E-state index contributed by atoms with van der Waals surface area (Å²) in [5.74, 6) is -0.742. The van der Waals surface area contributed by atoms with E-state index in [0.717, 1.165) is 18.4 Å². The highest BCUT2D eigenvalue weighted by atomic mass is 16.4. The summed E-state index contributed by atoms with van der Waals surface area (Å²) in [6, 6.07) is 9.76. The lowest BCUT2D eigenvalue weighted by atomic mass is 10.0. The van der Waals surface area contributed by atoms with Gasteiger partial charge in [-0.3, -0.25) is 4.79 Å². The van der Waals surface area contributed by atoms with E-state index >= 15 is 0 Å². The number of nitrogens with one attached hydrogen (secondary N) is 1. The summed E-state index contributed by atoms with van der Waals surface area (Å²) < 4.78 is 0. The van der Waals surface area contributed by atoms with Gasteiger partial charge >= 0.3 is 5.97 Å². The third kappa shape index (κ3) is 4.67. The molecule has 2 rings (SSSR count). The van der Waals surface area contributed by atoms with Crippen molar-refractivity contribution in [3.63, 3.8) is 0 Å². The van der Waals surface area contributed by atoms with Gasteiger partial charge in [0.1, 0.15) is 6.04 Å². The van der Waals surface area contributed by atoms with Crippen LogP contribution in [-0.4, -0.2) is 23.2 Å². The van der Waals surface area contributed by atoms with E-state index in [9.17, 15) is 9.90 Å². The van der Waals surface area contributed by atoms with Gasteiger partial charge in [0.2, 0.25) is 0 Å². The number of carbonyl (C=O) groups is 1. The average Bonchev–Trinajstić information content (AvgIpc) is 2.68. The second-order valence-corrected chi connectivity index (χ2v) is 5.44. The Labute approximate surface area is 115 Å². The van der Waals surface area contributed by atoms with Crippen molar-refractivity contribution >= 4 is 5.97 Å². The molecule has 19 heavy (non-hydrogen) atoms. The first kappa shape index (κ1) is 14.1. The molecular formula is C16H23NO2. The lowest BCUT2D eigenvalue weighted by molar-refractivity contribution is -0.139. The highest BCUT2D eigenvalue weighted by molar-refractivity contribution is 5.74. The fraction of sp³-hybridized carbons (Fsp3) is 0.562. The Morgan fingerprint density at radius 3 is 2.37 bits per heavy atom. The lowest BCUT2D eigenvalue weighted by Crippen LogP contribution is -2.44. The molecule has 1 aliphatic rings. The van der Waals surface area contributed by atoms with Crippen molar-refractivity contribution in [1.82, 2.24) is 5.32 Å². The molecule has 0 spiro atoms. The van der Waals surface area contributed by atoms with Crippen LogP contribution in [0.15, 0.2) is 30.3 Å². The van der Waals surface area contributed by atoms with Gasteiger partial charge in [-0.05, 0) is 24.8 Å². The fourth-order valence-corrected chi connectivity index (χ4v) is 2.80.